The van der Waals surface area contributed by atoms with Crippen molar-refractivity contribution in [1.82, 2.24) is 4.98 Å². The molecule has 0 saturated carbocycles. The van der Waals surface area contributed by atoms with Gasteiger partial charge < -0.3 is 10.8 Å². The Balaban J connectivity index is 3.36. The lowest BCUT2D eigenvalue weighted by Crippen LogP contribution is -2.14. The van der Waals surface area contributed by atoms with E-state index in [1.165, 1.54) is 18.3 Å². The Labute approximate surface area is 89.6 Å². The third kappa shape index (κ3) is 2.00. The first-order valence-electron chi connectivity index (χ1n) is 3.83. The van der Waals surface area contributed by atoms with Crippen molar-refractivity contribution in [3.05, 3.63) is 40.6 Å². The maximum Gasteiger partial charge on any atom is 0.336 e. The monoisotopic (exact) mass is 256 g/mol. The number of rotatable bonds is 3. The van der Waals surface area contributed by atoms with E-state index in [1.54, 1.807) is 0 Å². The van der Waals surface area contributed by atoms with Crippen LogP contribution in [0.25, 0.3) is 0 Å². The van der Waals surface area contributed by atoms with E-state index in [-0.39, 0.29) is 5.56 Å². The molecule has 0 saturated heterocycles. The highest BCUT2D eigenvalue weighted by Crippen LogP contribution is 2.24. The van der Waals surface area contributed by atoms with Gasteiger partial charge in [0.2, 0.25) is 0 Å². The molecule has 1 atom stereocenters. The summed E-state index contributed by atoms with van der Waals surface area (Å²) < 4.78 is 0.435. The molecule has 5 heteroatoms. The number of nitrogens with two attached hydrogens (primary N) is 1. The van der Waals surface area contributed by atoms with Crippen LogP contribution in [0, 0.1) is 0 Å². The van der Waals surface area contributed by atoms with Crippen molar-refractivity contribution in [3.63, 3.8) is 0 Å². The highest BCUT2D eigenvalue weighted by Gasteiger charge is 2.17. The molecule has 1 rings (SSSR count). The predicted octanol–water partition coefficient (Wildman–Crippen LogP) is 1.73. The molecule has 0 amide bonds. The van der Waals surface area contributed by atoms with E-state index in [2.05, 4.69) is 27.5 Å². The molecular weight excluding hydrogens is 248 g/mol. The van der Waals surface area contributed by atoms with Gasteiger partial charge in [-0.05, 0) is 22.0 Å². The molecule has 1 aromatic heterocycles. The van der Waals surface area contributed by atoms with E-state index in [0.29, 0.717) is 10.2 Å². The number of carboxylic acid groups (broad SMARTS) is 1. The van der Waals surface area contributed by atoms with Crippen LogP contribution in [-0.2, 0) is 0 Å². The van der Waals surface area contributed by atoms with E-state index in [9.17, 15) is 4.79 Å². The third-order valence-electron chi connectivity index (χ3n) is 1.76. The predicted molar refractivity (Wildman–Crippen MR) is 56.0 cm³/mol. The first-order chi connectivity index (χ1) is 6.57. The molecular formula is C9H9BrN2O2. The van der Waals surface area contributed by atoms with E-state index >= 15 is 0 Å². The molecule has 0 aliphatic rings. The summed E-state index contributed by atoms with van der Waals surface area (Å²) in [6, 6.07) is 0.871. The maximum atomic E-state index is 10.9. The fourth-order valence-electron chi connectivity index (χ4n) is 1.07. The topological polar surface area (TPSA) is 76.2 Å². The Morgan fingerprint density at radius 3 is 2.93 bits per heavy atom. The Morgan fingerprint density at radius 2 is 2.43 bits per heavy atom. The molecule has 0 spiro atoms. The van der Waals surface area contributed by atoms with Gasteiger partial charge in [-0.3, -0.25) is 0 Å². The molecule has 1 aromatic rings. The highest BCUT2D eigenvalue weighted by molar-refractivity contribution is 9.10. The van der Waals surface area contributed by atoms with Crippen molar-refractivity contribution >= 4 is 21.9 Å². The molecule has 4 nitrogen and oxygen atoms in total. The zero-order valence-electron chi connectivity index (χ0n) is 7.27. The standard InChI is InChI=1S/C9H9BrN2O2/c1-2-6(11)7-5(9(13)14)3-4-12-8(7)10/h2-4,6H,1,11H2,(H,13,14)/t6-/m1/s1. The van der Waals surface area contributed by atoms with E-state index in [1.807, 2.05) is 0 Å². The number of carbonyl (C=O) groups is 1. The second kappa shape index (κ2) is 4.34. The SMILES string of the molecule is C=C[C@@H](N)c1c(C(=O)O)ccnc1Br. The lowest BCUT2D eigenvalue weighted by Gasteiger charge is -2.11. The normalized spacial score (nSPS) is 12.1. The number of halogens is 1. The van der Waals surface area contributed by atoms with Crippen molar-refractivity contribution in [3.8, 4) is 0 Å². The maximum absolute atomic E-state index is 10.9. The average molecular weight is 257 g/mol. The number of pyridine rings is 1. The third-order valence-corrected chi connectivity index (χ3v) is 2.39. The first-order valence-corrected chi connectivity index (χ1v) is 4.63. The number of hydrogen-bond donors (Lipinski definition) is 2. The minimum absolute atomic E-state index is 0.138. The van der Waals surface area contributed by atoms with Gasteiger partial charge in [-0.1, -0.05) is 6.08 Å². The molecule has 0 fully saturated rings. The van der Waals surface area contributed by atoms with E-state index in [0.717, 1.165) is 0 Å². The first kappa shape index (κ1) is 10.9. The van der Waals surface area contributed by atoms with Crippen molar-refractivity contribution in [2.75, 3.05) is 0 Å². The Morgan fingerprint density at radius 1 is 1.79 bits per heavy atom. The molecule has 14 heavy (non-hydrogen) atoms. The number of aromatic carboxylic acids is 1. The summed E-state index contributed by atoms with van der Waals surface area (Å²) >= 11 is 3.15. The summed E-state index contributed by atoms with van der Waals surface area (Å²) in [5, 5.41) is 8.90. The summed E-state index contributed by atoms with van der Waals surface area (Å²) in [4.78, 5) is 14.8. The fraction of sp³-hybridized carbons (Fsp3) is 0.111. The van der Waals surface area contributed by atoms with Crippen LogP contribution in [0.2, 0.25) is 0 Å². The number of aromatic nitrogens is 1. The van der Waals surface area contributed by atoms with Gasteiger partial charge in [-0.2, -0.15) is 0 Å². The Kier molecular flexibility index (Phi) is 3.38. The van der Waals surface area contributed by atoms with Gasteiger partial charge in [0.25, 0.3) is 0 Å². The van der Waals surface area contributed by atoms with Crippen molar-refractivity contribution in [2.45, 2.75) is 6.04 Å². The highest BCUT2D eigenvalue weighted by atomic mass is 79.9. The zero-order valence-corrected chi connectivity index (χ0v) is 8.86. The molecule has 0 bridgehead atoms. The fourth-order valence-corrected chi connectivity index (χ4v) is 1.67. The molecule has 74 valence electrons. The van der Waals surface area contributed by atoms with Gasteiger partial charge in [0, 0.05) is 11.8 Å². The largest absolute Gasteiger partial charge is 0.478 e. The van der Waals surface area contributed by atoms with Crippen LogP contribution in [-0.4, -0.2) is 16.1 Å². The molecule has 3 N–H and O–H groups in total. The summed E-state index contributed by atoms with van der Waals surface area (Å²) in [7, 11) is 0. The van der Waals surface area contributed by atoms with Crippen LogP contribution in [0.4, 0.5) is 0 Å². The van der Waals surface area contributed by atoms with Gasteiger partial charge in [0.1, 0.15) is 4.60 Å². The molecule has 0 aliphatic carbocycles. The van der Waals surface area contributed by atoms with Crippen molar-refractivity contribution in [1.29, 1.82) is 0 Å². The Bertz CT molecular complexity index is 379. The lowest BCUT2D eigenvalue weighted by atomic mass is 10.0. The number of hydrogen-bond acceptors (Lipinski definition) is 3. The minimum Gasteiger partial charge on any atom is -0.478 e. The van der Waals surface area contributed by atoms with Crippen molar-refractivity contribution in [2.24, 2.45) is 5.73 Å². The van der Waals surface area contributed by atoms with Crippen LogP contribution < -0.4 is 5.73 Å². The summed E-state index contributed by atoms with van der Waals surface area (Å²) in [6.45, 7) is 3.51. The molecule has 0 aromatic carbocycles. The lowest BCUT2D eigenvalue weighted by molar-refractivity contribution is 0.0695. The van der Waals surface area contributed by atoms with Crippen LogP contribution in [0.1, 0.15) is 22.0 Å². The van der Waals surface area contributed by atoms with Gasteiger partial charge in [0.05, 0.1) is 11.6 Å². The molecule has 0 unspecified atom stereocenters. The molecule has 1 heterocycles. The number of carboxylic acids is 1. The average Bonchev–Trinajstić information content (AvgIpc) is 2.16. The number of nitrogens with zero attached hydrogens (tertiary/aromatic N) is 1. The summed E-state index contributed by atoms with van der Waals surface area (Å²) in [5.74, 6) is -1.03. The zero-order chi connectivity index (χ0) is 10.7. The second-order valence-corrected chi connectivity index (χ2v) is 3.38. The van der Waals surface area contributed by atoms with Crippen LogP contribution in [0.3, 0.4) is 0 Å². The summed E-state index contributed by atoms with van der Waals surface area (Å²) in [6.07, 6.45) is 2.88. The smallest absolute Gasteiger partial charge is 0.336 e. The van der Waals surface area contributed by atoms with Crippen LogP contribution in [0.5, 0.6) is 0 Å². The van der Waals surface area contributed by atoms with E-state index < -0.39 is 12.0 Å². The van der Waals surface area contributed by atoms with Crippen molar-refractivity contribution < 1.29 is 9.90 Å². The van der Waals surface area contributed by atoms with Crippen LogP contribution in [0.15, 0.2) is 29.5 Å². The molecule has 0 aliphatic heterocycles. The quantitative estimate of drug-likeness (QED) is 0.638. The minimum atomic E-state index is -1.03. The molecule has 0 radical (unpaired) electrons. The van der Waals surface area contributed by atoms with Gasteiger partial charge >= 0.3 is 5.97 Å². The van der Waals surface area contributed by atoms with Gasteiger partial charge in [-0.25, -0.2) is 9.78 Å². The second-order valence-electron chi connectivity index (χ2n) is 2.63. The summed E-state index contributed by atoms with van der Waals surface area (Å²) in [5.41, 5.74) is 6.26. The Hall–Kier alpha value is -1.20. The van der Waals surface area contributed by atoms with Gasteiger partial charge in [0.15, 0.2) is 0 Å². The van der Waals surface area contributed by atoms with Crippen LogP contribution >= 0.6 is 15.9 Å². The van der Waals surface area contributed by atoms with Gasteiger partial charge in [-0.15, -0.1) is 6.58 Å². The van der Waals surface area contributed by atoms with E-state index in [4.69, 9.17) is 10.8 Å².